The molecule has 1 aliphatic rings. The molecule has 1 fully saturated rings. The number of anilines is 3. The average molecular weight is 406 g/mol. The Kier molecular flexibility index (Phi) is 6.65. The molecule has 3 rings (SSSR count). The summed E-state index contributed by atoms with van der Waals surface area (Å²) in [6, 6.07) is 8.54. The highest BCUT2D eigenvalue weighted by atomic mass is 32.2. The van der Waals surface area contributed by atoms with Crippen LogP contribution in [0, 0.1) is 5.92 Å². The van der Waals surface area contributed by atoms with Crippen LogP contribution in [0.25, 0.3) is 0 Å². The Morgan fingerprint density at radius 2 is 1.93 bits per heavy atom. The maximum absolute atomic E-state index is 10.7. The fraction of sp³-hybridized carbons (Fsp3) is 0.444. The molecule has 2 aromatic rings. The molecule has 1 atom stereocenters. The maximum Gasteiger partial charge on any atom is 0.225 e. The summed E-state index contributed by atoms with van der Waals surface area (Å²) in [4.78, 5) is 9.08. The molecule has 0 unspecified atom stereocenters. The van der Waals surface area contributed by atoms with E-state index < -0.39 is 10.9 Å². The van der Waals surface area contributed by atoms with Crippen molar-refractivity contribution in [3.63, 3.8) is 0 Å². The van der Waals surface area contributed by atoms with Crippen LogP contribution in [-0.4, -0.2) is 32.3 Å². The highest BCUT2D eigenvalue weighted by Crippen LogP contribution is 2.40. The standard InChI is InChI=1S/C18H25N6O3S/c1-11(2)16(10-25)20-18-19-15(12-3-4-12)9-17(21-18)23-22-13-5-7-14(8-6-13)24-28(26)27/h5-9,11-12,16,22,25H,3-4,10H2,1-2H3,(H,24,26,27)(H2,19,20,21,23)/q-1/t16-/m0/s1. The van der Waals surface area contributed by atoms with Crippen LogP contribution >= 0.6 is 0 Å². The number of hydrogen-bond donors (Lipinski definition) is 5. The van der Waals surface area contributed by atoms with Crippen LogP contribution in [0.1, 0.15) is 38.3 Å². The third kappa shape index (κ3) is 5.78. The predicted molar refractivity (Wildman–Crippen MR) is 110 cm³/mol. The zero-order chi connectivity index (χ0) is 20.1. The molecule has 28 heavy (non-hydrogen) atoms. The van der Waals surface area contributed by atoms with E-state index in [0.29, 0.717) is 23.4 Å². The number of hydrazine groups is 1. The van der Waals surface area contributed by atoms with Gasteiger partial charge in [-0.05, 0) is 43.0 Å². The fourth-order valence-electron chi connectivity index (χ4n) is 2.60. The summed E-state index contributed by atoms with van der Waals surface area (Å²) in [5, 5.41) is 12.8. The van der Waals surface area contributed by atoms with Gasteiger partial charge in [-0.1, -0.05) is 24.7 Å². The quantitative estimate of drug-likeness (QED) is 0.243. The minimum Gasteiger partial charge on any atom is -0.454 e. The summed E-state index contributed by atoms with van der Waals surface area (Å²) in [6.45, 7) is 4.06. The highest BCUT2D eigenvalue weighted by molar-refractivity contribution is 7.68. The lowest BCUT2D eigenvalue weighted by Crippen LogP contribution is -2.30. The van der Waals surface area contributed by atoms with Crippen LogP contribution < -0.4 is 16.2 Å². The first kappa shape index (κ1) is 20.3. The molecule has 0 aliphatic heterocycles. The Hall–Kier alpha value is -2.43. The van der Waals surface area contributed by atoms with Crippen molar-refractivity contribution in [2.75, 3.05) is 22.8 Å². The monoisotopic (exact) mass is 405 g/mol. The second-order valence-electron chi connectivity index (χ2n) is 7.07. The molecular weight excluding hydrogens is 380 g/mol. The second-order valence-corrected chi connectivity index (χ2v) is 7.72. The van der Waals surface area contributed by atoms with Gasteiger partial charge in [-0.25, -0.2) is 4.98 Å². The van der Waals surface area contributed by atoms with Crippen LogP contribution in [-0.2, 0) is 15.1 Å². The first-order chi connectivity index (χ1) is 13.4. The van der Waals surface area contributed by atoms with Crippen molar-refractivity contribution in [3.05, 3.63) is 36.0 Å². The summed E-state index contributed by atoms with van der Waals surface area (Å²) in [7, 11) is -2.22. The Labute approximate surface area is 166 Å². The summed E-state index contributed by atoms with van der Waals surface area (Å²) in [6.07, 6.45) is 2.24. The molecule has 10 heteroatoms. The maximum atomic E-state index is 10.7. The van der Waals surface area contributed by atoms with Gasteiger partial charge < -0.3 is 23.5 Å². The number of aliphatic hydroxyl groups is 1. The number of aliphatic hydroxyl groups excluding tert-OH is 1. The summed E-state index contributed by atoms with van der Waals surface area (Å²) in [5.74, 6) is 1.80. The third-order valence-electron chi connectivity index (χ3n) is 4.44. The number of benzene rings is 1. The van der Waals surface area contributed by atoms with Gasteiger partial charge in [-0.3, -0.25) is 10.9 Å². The Balaban J connectivity index is 1.72. The molecule has 9 nitrogen and oxygen atoms in total. The SMILES string of the molecule is CC(C)[C@H](CO)Nc1nc(NNc2ccc(N=[S-](=O)O)cc2)cc(C2CC2)n1. The van der Waals surface area contributed by atoms with Gasteiger partial charge in [0, 0.05) is 17.7 Å². The topological polar surface area (TPSA) is 132 Å². The molecule has 0 saturated heterocycles. The number of nitrogens with one attached hydrogen (secondary N) is 3. The van der Waals surface area contributed by atoms with E-state index >= 15 is 0 Å². The number of rotatable bonds is 9. The zero-order valence-corrected chi connectivity index (χ0v) is 16.6. The second kappa shape index (κ2) is 9.18. The van der Waals surface area contributed by atoms with E-state index in [1.165, 1.54) is 0 Å². The van der Waals surface area contributed by atoms with E-state index in [1.807, 2.05) is 19.9 Å². The zero-order valence-electron chi connectivity index (χ0n) is 15.8. The minimum atomic E-state index is -2.22. The number of aromatic nitrogens is 2. The van der Waals surface area contributed by atoms with Crippen molar-refractivity contribution < 1.29 is 13.9 Å². The van der Waals surface area contributed by atoms with Gasteiger partial charge >= 0.3 is 0 Å². The van der Waals surface area contributed by atoms with E-state index in [2.05, 4.69) is 30.5 Å². The molecular formula is C18H25N6O3S-. The number of hydrogen-bond acceptors (Lipinski definition) is 9. The van der Waals surface area contributed by atoms with Crippen molar-refractivity contribution in [2.45, 2.75) is 38.6 Å². The lowest BCUT2D eigenvalue weighted by molar-refractivity contribution is 0.248. The fourth-order valence-corrected chi connectivity index (χ4v) is 2.91. The number of nitrogens with zero attached hydrogens (tertiary/aromatic N) is 3. The van der Waals surface area contributed by atoms with Crippen LogP contribution in [0.5, 0.6) is 0 Å². The van der Waals surface area contributed by atoms with Crippen molar-refractivity contribution in [1.29, 1.82) is 0 Å². The van der Waals surface area contributed by atoms with Gasteiger partial charge in [0.1, 0.15) is 5.82 Å². The van der Waals surface area contributed by atoms with Crippen LogP contribution in [0.15, 0.2) is 34.7 Å². The minimum absolute atomic E-state index is 0.00568. The molecule has 1 aliphatic carbocycles. The molecule has 1 saturated carbocycles. The van der Waals surface area contributed by atoms with Gasteiger partial charge in [-0.2, -0.15) is 4.98 Å². The van der Waals surface area contributed by atoms with E-state index in [9.17, 15) is 9.32 Å². The lowest BCUT2D eigenvalue weighted by atomic mass is 10.1. The highest BCUT2D eigenvalue weighted by Gasteiger charge is 2.26. The Bertz CT molecular complexity index is 879. The Morgan fingerprint density at radius 3 is 2.50 bits per heavy atom. The molecule has 0 radical (unpaired) electrons. The molecule has 5 N–H and O–H groups in total. The average Bonchev–Trinajstić information content (AvgIpc) is 3.50. The van der Waals surface area contributed by atoms with E-state index in [-0.39, 0.29) is 18.6 Å². The van der Waals surface area contributed by atoms with Crippen LogP contribution in [0.4, 0.5) is 23.1 Å². The predicted octanol–water partition coefficient (Wildman–Crippen LogP) is 3.47. The molecule has 152 valence electrons. The first-order valence-corrected chi connectivity index (χ1v) is 10.2. The molecule has 0 spiro atoms. The van der Waals surface area contributed by atoms with E-state index in [0.717, 1.165) is 24.2 Å². The lowest BCUT2D eigenvalue weighted by Gasteiger charge is -2.21. The molecule has 0 amide bonds. The summed E-state index contributed by atoms with van der Waals surface area (Å²) < 4.78 is 23.0. The first-order valence-electron chi connectivity index (χ1n) is 9.15. The van der Waals surface area contributed by atoms with Crippen molar-refractivity contribution >= 4 is 34.0 Å². The Morgan fingerprint density at radius 1 is 1.21 bits per heavy atom. The molecule has 1 aromatic heterocycles. The van der Waals surface area contributed by atoms with Gasteiger partial charge in [0.05, 0.1) is 24.0 Å². The third-order valence-corrected chi connectivity index (χ3v) is 4.81. The van der Waals surface area contributed by atoms with Crippen LogP contribution in [0.3, 0.4) is 0 Å². The van der Waals surface area contributed by atoms with Crippen molar-refractivity contribution in [1.82, 2.24) is 9.97 Å². The smallest absolute Gasteiger partial charge is 0.225 e. The van der Waals surface area contributed by atoms with Gasteiger partial charge in [0.2, 0.25) is 5.95 Å². The van der Waals surface area contributed by atoms with E-state index in [4.69, 9.17) is 4.55 Å². The van der Waals surface area contributed by atoms with Gasteiger partial charge in [0.25, 0.3) is 0 Å². The van der Waals surface area contributed by atoms with Crippen LogP contribution in [0.2, 0.25) is 0 Å². The van der Waals surface area contributed by atoms with E-state index in [1.54, 1.807) is 24.3 Å². The van der Waals surface area contributed by atoms with Gasteiger partial charge in [0.15, 0.2) is 0 Å². The van der Waals surface area contributed by atoms with Crippen molar-refractivity contribution in [3.8, 4) is 0 Å². The molecule has 1 aromatic carbocycles. The normalized spacial score (nSPS) is 16.0. The summed E-state index contributed by atoms with van der Waals surface area (Å²) >= 11 is 0. The van der Waals surface area contributed by atoms with Gasteiger partial charge in [-0.15, -0.1) is 0 Å². The molecule has 0 bridgehead atoms. The largest absolute Gasteiger partial charge is 0.454 e. The summed E-state index contributed by atoms with van der Waals surface area (Å²) in [5.41, 5.74) is 8.25. The molecule has 1 heterocycles. The van der Waals surface area contributed by atoms with Crippen molar-refractivity contribution in [2.24, 2.45) is 10.3 Å².